The minimum absolute atomic E-state index is 0.0258. The van der Waals surface area contributed by atoms with Gasteiger partial charge in [0.1, 0.15) is 5.69 Å². The van der Waals surface area contributed by atoms with Gasteiger partial charge in [0.15, 0.2) is 6.10 Å². The van der Waals surface area contributed by atoms with Crippen molar-refractivity contribution in [1.82, 2.24) is 15.1 Å². The second kappa shape index (κ2) is 6.89. The Morgan fingerprint density at radius 2 is 2.16 bits per heavy atom. The number of carbonyl (C=O) groups is 2. The first-order chi connectivity index (χ1) is 8.99. The molecule has 3 N–H and O–H groups in total. The molecule has 0 bridgehead atoms. The first kappa shape index (κ1) is 15.2. The summed E-state index contributed by atoms with van der Waals surface area (Å²) >= 11 is 0. The number of aliphatic hydroxyl groups excluding tert-OH is 1. The van der Waals surface area contributed by atoms with Crippen LogP contribution in [-0.4, -0.2) is 44.5 Å². The summed E-state index contributed by atoms with van der Waals surface area (Å²) in [7, 11) is 0. The van der Waals surface area contributed by atoms with Gasteiger partial charge in [-0.05, 0) is 19.4 Å². The molecule has 1 aromatic heterocycles. The molecule has 0 aliphatic heterocycles. The smallest absolute Gasteiger partial charge is 0.332 e. The van der Waals surface area contributed by atoms with Crippen LogP contribution in [0.2, 0.25) is 0 Å². The van der Waals surface area contributed by atoms with Crippen LogP contribution in [0.1, 0.15) is 36.5 Å². The van der Waals surface area contributed by atoms with Crippen molar-refractivity contribution in [1.29, 1.82) is 0 Å². The van der Waals surface area contributed by atoms with Crippen LogP contribution in [-0.2, 0) is 17.8 Å². The summed E-state index contributed by atoms with van der Waals surface area (Å²) in [4.78, 5) is 22.3. The van der Waals surface area contributed by atoms with Crippen LogP contribution in [0.5, 0.6) is 0 Å². The van der Waals surface area contributed by atoms with Gasteiger partial charge in [-0.15, -0.1) is 0 Å². The molecule has 1 unspecified atom stereocenters. The number of carboxylic acid groups (broad SMARTS) is 1. The van der Waals surface area contributed by atoms with Gasteiger partial charge in [0.25, 0.3) is 5.91 Å². The third-order valence-corrected chi connectivity index (χ3v) is 2.71. The largest absolute Gasteiger partial charge is 0.479 e. The van der Waals surface area contributed by atoms with Gasteiger partial charge in [0, 0.05) is 19.5 Å². The van der Waals surface area contributed by atoms with Crippen molar-refractivity contribution >= 4 is 11.9 Å². The molecule has 7 nitrogen and oxygen atoms in total. The van der Waals surface area contributed by atoms with Gasteiger partial charge in [-0.1, -0.05) is 6.92 Å². The van der Waals surface area contributed by atoms with E-state index in [-0.39, 0.29) is 18.9 Å². The van der Waals surface area contributed by atoms with E-state index in [2.05, 4.69) is 10.4 Å². The molecule has 0 saturated heterocycles. The second-order valence-corrected chi connectivity index (χ2v) is 4.09. The van der Waals surface area contributed by atoms with Crippen molar-refractivity contribution in [3.05, 3.63) is 17.5 Å². The van der Waals surface area contributed by atoms with E-state index in [1.165, 1.54) is 0 Å². The summed E-state index contributed by atoms with van der Waals surface area (Å²) < 4.78 is 1.60. The number of aliphatic carboxylic acids is 1. The summed E-state index contributed by atoms with van der Waals surface area (Å²) in [5.74, 6) is -1.60. The van der Waals surface area contributed by atoms with Gasteiger partial charge in [-0.25, -0.2) is 4.79 Å². The van der Waals surface area contributed by atoms with Crippen LogP contribution >= 0.6 is 0 Å². The van der Waals surface area contributed by atoms with Crippen molar-refractivity contribution in [2.75, 3.05) is 6.54 Å². The van der Waals surface area contributed by atoms with Gasteiger partial charge >= 0.3 is 5.97 Å². The number of nitrogens with zero attached hydrogens (tertiary/aromatic N) is 2. The highest BCUT2D eigenvalue weighted by atomic mass is 16.4. The lowest BCUT2D eigenvalue weighted by Crippen LogP contribution is -2.31. The average Bonchev–Trinajstić information content (AvgIpc) is 2.81. The number of carboxylic acids is 1. The van der Waals surface area contributed by atoms with E-state index < -0.39 is 12.1 Å². The summed E-state index contributed by atoms with van der Waals surface area (Å²) in [6.45, 7) is 4.52. The molecule has 0 spiro atoms. The number of aliphatic hydroxyl groups is 1. The van der Waals surface area contributed by atoms with E-state index in [0.29, 0.717) is 12.2 Å². The zero-order valence-corrected chi connectivity index (χ0v) is 11.1. The second-order valence-electron chi connectivity index (χ2n) is 4.09. The SMILES string of the molecule is CCc1cc(C(=O)NCCC(O)C(=O)O)n(CC)n1. The molecular weight excluding hydrogens is 250 g/mol. The van der Waals surface area contributed by atoms with Crippen LogP contribution < -0.4 is 5.32 Å². The number of carbonyl (C=O) groups excluding carboxylic acids is 1. The zero-order chi connectivity index (χ0) is 14.4. The van der Waals surface area contributed by atoms with E-state index in [1.807, 2.05) is 13.8 Å². The fraction of sp³-hybridized carbons (Fsp3) is 0.583. The highest BCUT2D eigenvalue weighted by molar-refractivity contribution is 5.92. The van der Waals surface area contributed by atoms with E-state index in [9.17, 15) is 9.59 Å². The molecule has 106 valence electrons. The summed E-state index contributed by atoms with van der Waals surface area (Å²) in [5.41, 5.74) is 1.28. The Balaban J connectivity index is 2.58. The Labute approximate surface area is 111 Å². The minimum Gasteiger partial charge on any atom is -0.479 e. The topological polar surface area (TPSA) is 104 Å². The first-order valence-electron chi connectivity index (χ1n) is 6.25. The predicted molar refractivity (Wildman–Crippen MR) is 67.9 cm³/mol. The van der Waals surface area contributed by atoms with Gasteiger partial charge in [-0.2, -0.15) is 5.10 Å². The maximum Gasteiger partial charge on any atom is 0.332 e. The van der Waals surface area contributed by atoms with Crippen LogP contribution in [0.3, 0.4) is 0 Å². The predicted octanol–water partition coefficient (Wildman–Crippen LogP) is 0.0308. The van der Waals surface area contributed by atoms with Gasteiger partial charge in [-0.3, -0.25) is 9.48 Å². The van der Waals surface area contributed by atoms with Crippen molar-refractivity contribution in [2.45, 2.75) is 39.3 Å². The molecule has 0 aliphatic rings. The van der Waals surface area contributed by atoms with Crippen molar-refractivity contribution in [3.8, 4) is 0 Å². The number of aryl methyl sites for hydroxylation is 2. The Bertz CT molecular complexity index is 456. The Hall–Kier alpha value is -1.89. The van der Waals surface area contributed by atoms with Crippen LogP contribution in [0.4, 0.5) is 0 Å². The summed E-state index contributed by atoms with van der Waals surface area (Å²) in [6, 6.07) is 1.71. The Morgan fingerprint density at radius 3 is 2.68 bits per heavy atom. The number of rotatable bonds is 7. The highest BCUT2D eigenvalue weighted by Gasteiger charge is 2.16. The quantitative estimate of drug-likeness (QED) is 0.648. The van der Waals surface area contributed by atoms with Crippen molar-refractivity contribution in [3.63, 3.8) is 0 Å². The standard InChI is InChI=1S/C12H19N3O4/c1-3-8-7-9(15(4-2)14-8)11(17)13-6-5-10(16)12(18)19/h7,10,16H,3-6H2,1-2H3,(H,13,17)(H,18,19). The molecule has 1 amide bonds. The number of hydrogen-bond acceptors (Lipinski definition) is 4. The van der Waals surface area contributed by atoms with Gasteiger partial charge < -0.3 is 15.5 Å². The molecule has 1 atom stereocenters. The molecule has 1 aromatic rings. The minimum atomic E-state index is -1.46. The lowest BCUT2D eigenvalue weighted by atomic mass is 10.2. The Morgan fingerprint density at radius 1 is 1.47 bits per heavy atom. The number of nitrogens with one attached hydrogen (secondary N) is 1. The van der Waals surface area contributed by atoms with E-state index in [0.717, 1.165) is 12.1 Å². The summed E-state index contributed by atoms with van der Waals surface area (Å²) in [5, 5.41) is 24.4. The Kier molecular flexibility index (Phi) is 5.50. The number of amides is 1. The molecule has 19 heavy (non-hydrogen) atoms. The zero-order valence-electron chi connectivity index (χ0n) is 11.1. The van der Waals surface area contributed by atoms with Crippen LogP contribution in [0, 0.1) is 0 Å². The molecule has 0 aromatic carbocycles. The maximum absolute atomic E-state index is 11.9. The molecule has 7 heteroatoms. The molecular formula is C12H19N3O4. The number of aromatic nitrogens is 2. The maximum atomic E-state index is 11.9. The average molecular weight is 269 g/mol. The monoisotopic (exact) mass is 269 g/mol. The normalized spacial score (nSPS) is 12.2. The number of hydrogen-bond donors (Lipinski definition) is 3. The molecule has 0 aliphatic carbocycles. The molecule has 0 fully saturated rings. The fourth-order valence-corrected chi connectivity index (χ4v) is 1.60. The van der Waals surface area contributed by atoms with E-state index in [1.54, 1.807) is 10.7 Å². The van der Waals surface area contributed by atoms with E-state index in [4.69, 9.17) is 10.2 Å². The lowest BCUT2D eigenvalue weighted by Gasteiger charge is -2.08. The van der Waals surface area contributed by atoms with E-state index >= 15 is 0 Å². The van der Waals surface area contributed by atoms with Crippen molar-refractivity contribution in [2.24, 2.45) is 0 Å². The van der Waals surface area contributed by atoms with Gasteiger partial charge in [0.2, 0.25) is 0 Å². The third-order valence-electron chi connectivity index (χ3n) is 2.71. The fourth-order valence-electron chi connectivity index (χ4n) is 1.60. The highest BCUT2D eigenvalue weighted by Crippen LogP contribution is 2.05. The van der Waals surface area contributed by atoms with Crippen molar-refractivity contribution < 1.29 is 19.8 Å². The van der Waals surface area contributed by atoms with Gasteiger partial charge in [0.05, 0.1) is 5.69 Å². The molecule has 0 radical (unpaired) electrons. The lowest BCUT2D eigenvalue weighted by molar-refractivity contribution is -0.146. The molecule has 1 rings (SSSR count). The van der Waals surface area contributed by atoms with Crippen LogP contribution in [0.15, 0.2) is 6.07 Å². The molecule has 0 saturated carbocycles. The molecule has 1 heterocycles. The van der Waals surface area contributed by atoms with Crippen LogP contribution in [0.25, 0.3) is 0 Å². The third kappa shape index (κ3) is 4.06. The summed E-state index contributed by atoms with van der Waals surface area (Å²) in [6.07, 6.45) is -0.741. The first-order valence-corrected chi connectivity index (χ1v) is 6.25.